The highest BCUT2D eigenvalue weighted by atomic mass is 16.3. The summed E-state index contributed by atoms with van der Waals surface area (Å²) in [5.74, 6) is 0. The molecule has 0 amide bonds. The maximum absolute atomic E-state index is 9.93. The van der Waals surface area contributed by atoms with Gasteiger partial charge in [0, 0.05) is 54.2 Å². The summed E-state index contributed by atoms with van der Waals surface area (Å²) in [6.45, 7) is 2.15. The number of hydrogen-bond acceptors (Lipinski definition) is 4. The molecule has 0 radical (unpaired) electrons. The molecule has 1 aliphatic rings. The number of nitrogens with two attached hydrogens (primary N) is 1. The van der Waals surface area contributed by atoms with Gasteiger partial charge >= 0.3 is 0 Å². The Morgan fingerprint density at radius 1 is 1.25 bits per heavy atom. The van der Waals surface area contributed by atoms with Crippen LogP contribution in [0.5, 0.6) is 0 Å². The standard InChI is InChI=1S/C18H23N5O/c1-22-11-12(10-20-22)15-9-14-16(23-7-3-2-4-8-23)6-5-13(18(19)24)17(14)21-15/h5-6,9-11,18,21,24H,2-4,7-8,19H2,1H3. The summed E-state index contributed by atoms with van der Waals surface area (Å²) >= 11 is 0. The van der Waals surface area contributed by atoms with Crippen LogP contribution < -0.4 is 10.6 Å². The molecule has 1 aromatic carbocycles. The van der Waals surface area contributed by atoms with Gasteiger partial charge in [0.15, 0.2) is 0 Å². The predicted molar refractivity (Wildman–Crippen MR) is 95.7 cm³/mol. The van der Waals surface area contributed by atoms with E-state index in [1.54, 1.807) is 4.68 Å². The van der Waals surface area contributed by atoms with Gasteiger partial charge in [-0.25, -0.2) is 0 Å². The van der Waals surface area contributed by atoms with Crippen LogP contribution in [-0.2, 0) is 7.05 Å². The third-order valence-electron chi connectivity index (χ3n) is 4.83. The monoisotopic (exact) mass is 325 g/mol. The van der Waals surface area contributed by atoms with Crippen molar-refractivity contribution in [2.75, 3.05) is 18.0 Å². The van der Waals surface area contributed by atoms with E-state index in [9.17, 15) is 5.11 Å². The summed E-state index contributed by atoms with van der Waals surface area (Å²) in [5.41, 5.74) is 10.6. The number of aromatic amines is 1. The molecule has 6 nitrogen and oxygen atoms in total. The van der Waals surface area contributed by atoms with E-state index >= 15 is 0 Å². The van der Waals surface area contributed by atoms with Crippen molar-refractivity contribution in [2.24, 2.45) is 12.8 Å². The topological polar surface area (TPSA) is 83.1 Å². The van der Waals surface area contributed by atoms with E-state index in [0.717, 1.165) is 40.8 Å². The van der Waals surface area contributed by atoms with Crippen molar-refractivity contribution >= 4 is 16.6 Å². The summed E-state index contributed by atoms with van der Waals surface area (Å²) in [4.78, 5) is 5.86. The molecule has 0 saturated carbocycles. The van der Waals surface area contributed by atoms with Crippen LogP contribution in [-0.4, -0.2) is 33.0 Å². The molecule has 1 atom stereocenters. The zero-order chi connectivity index (χ0) is 16.7. The number of hydrogen-bond donors (Lipinski definition) is 3. The van der Waals surface area contributed by atoms with Crippen LogP contribution in [0.3, 0.4) is 0 Å². The van der Waals surface area contributed by atoms with Crippen molar-refractivity contribution in [1.29, 1.82) is 0 Å². The quantitative estimate of drug-likeness (QED) is 0.646. The van der Waals surface area contributed by atoms with Gasteiger partial charge in [0.2, 0.25) is 0 Å². The third-order valence-corrected chi connectivity index (χ3v) is 4.83. The number of fused-ring (bicyclic) bond motifs is 1. The number of nitrogens with zero attached hydrogens (tertiary/aromatic N) is 3. The molecule has 6 heteroatoms. The number of piperidine rings is 1. The van der Waals surface area contributed by atoms with Crippen LogP contribution in [0, 0.1) is 0 Å². The van der Waals surface area contributed by atoms with Crippen LogP contribution >= 0.6 is 0 Å². The third kappa shape index (κ3) is 2.57. The number of anilines is 1. The molecule has 1 unspecified atom stereocenters. The number of aliphatic hydroxyl groups excluding tert-OH is 1. The lowest BCUT2D eigenvalue weighted by Crippen LogP contribution is -2.29. The first kappa shape index (κ1) is 15.2. The van der Waals surface area contributed by atoms with Gasteiger partial charge in [-0.05, 0) is 31.4 Å². The minimum absolute atomic E-state index is 0.723. The molecule has 0 aliphatic carbocycles. The minimum Gasteiger partial charge on any atom is -0.374 e. The fourth-order valence-electron chi connectivity index (χ4n) is 3.60. The predicted octanol–water partition coefficient (Wildman–Crippen LogP) is 2.51. The SMILES string of the molecule is Cn1cc(-c2cc3c(N4CCCCC4)ccc(C(N)O)c3[nH]2)cn1. The Bertz CT molecular complexity index is 858. The first-order chi connectivity index (χ1) is 11.6. The highest BCUT2D eigenvalue weighted by Crippen LogP contribution is 2.35. The van der Waals surface area contributed by atoms with E-state index in [4.69, 9.17) is 5.73 Å². The fourth-order valence-corrected chi connectivity index (χ4v) is 3.60. The molecule has 126 valence electrons. The number of rotatable bonds is 3. The molecule has 3 heterocycles. The Balaban J connectivity index is 1.88. The summed E-state index contributed by atoms with van der Waals surface area (Å²) in [7, 11) is 1.90. The van der Waals surface area contributed by atoms with E-state index in [0.29, 0.717) is 0 Å². The van der Waals surface area contributed by atoms with Gasteiger partial charge in [-0.2, -0.15) is 5.10 Å². The van der Waals surface area contributed by atoms with Crippen molar-refractivity contribution in [2.45, 2.75) is 25.5 Å². The lowest BCUT2D eigenvalue weighted by Gasteiger charge is -2.29. The maximum atomic E-state index is 9.93. The van der Waals surface area contributed by atoms with Gasteiger partial charge in [-0.15, -0.1) is 0 Å². The lowest BCUT2D eigenvalue weighted by molar-refractivity contribution is 0.187. The van der Waals surface area contributed by atoms with Crippen molar-refractivity contribution in [3.8, 4) is 11.3 Å². The molecule has 2 aromatic heterocycles. The van der Waals surface area contributed by atoms with Crippen molar-refractivity contribution in [1.82, 2.24) is 14.8 Å². The number of aromatic nitrogens is 3. The van der Waals surface area contributed by atoms with Crippen LogP contribution in [0.25, 0.3) is 22.2 Å². The zero-order valence-electron chi connectivity index (χ0n) is 13.9. The summed E-state index contributed by atoms with van der Waals surface area (Å²) < 4.78 is 1.78. The number of H-pyrrole nitrogens is 1. The van der Waals surface area contributed by atoms with Crippen LogP contribution in [0.2, 0.25) is 0 Å². The Hall–Kier alpha value is -2.31. The summed E-state index contributed by atoms with van der Waals surface area (Å²) in [6, 6.07) is 6.16. The molecular formula is C18H23N5O. The molecule has 4 N–H and O–H groups in total. The van der Waals surface area contributed by atoms with Crippen molar-refractivity contribution < 1.29 is 5.11 Å². The van der Waals surface area contributed by atoms with Gasteiger partial charge < -0.3 is 20.7 Å². The number of benzene rings is 1. The number of aryl methyl sites for hydroxylation is 1. The second-order valence-corrected chi connectivity index (χ2v) is 6.54. The first-order valence-corrected chi connectivity index (χ1v) is 8.47. The van der Waals surface area contributed by atoms with Gasteiger partial charge in [0.1, 0.15) is 6.23 Å². The molecule has 0 bridgehead atoms. The molecular weight excluding hydrogens is 302 g/mol. The largest absolute Gasteiger partial charge is 0.374 e. The maximum Gasteiger partial charge on any atom is 0.130 e. The van der Waals surface area contributed by atoms with E-state index < -0.39 is 6.23 Å². The average molecular weight is 325 g/mol. The van der Waals surface area contributed by atoms with Crippen LogP contribution in [0.4, 0.5) is 5.69 Å². The molecule has 24 heavy (non-hydrogen) atoms. The zero-order valence-corrected chi connectivity index (χ0v) is 13.9. The van der Waals surface area contributed by atoms with E-state index in [1.165, 1.54) is 24.9 Å². The van der Waals surface area contributed by atoms with Gasteiger partial charge in [-0.1, -0.05) is 6.07 Å². The van der Waals surface area contributed by atoms with E-state index in [2.05, 4.69) is 27.1 Å². The second-order valence-electron chi connectivity index (χ2n) is 6.54. The minimum atomic E-state index is -0.997. The van der Waals surface area contributed by atoms with Crippen LogP contribution in [0.1, 0.15) is 31.1 Å². The Labute approximate surface area is 140 Å². The van der Waals surface area contributed by atoms with Gasteiger partial charge in [-0.3, -0.25) is 4.68 Å². The molecule has 1 aliphatic heterocycles. The van der Waals surface area contributed by atoms with Crippen molar-refractivity contribution in [3.05, 3.63) is 36.2 Å². The van der Waals surface area contributed by atoms with Gasteiger partial charge in [0.05, 0.1) is 11.7 Å². The number of nitrogens with one attached hydrogen (secondary N) is 1. The van der Waals surface area contributed by atoms with Crippen LogP contribution in [0.15, 0.2) is 30.6 Å². The highest BCUT2D eigenvalue weighted by Gasteiger charge is 2.19. The first-order valence-electron chi connectivity index (χ1n) is 8.47. The van der Waals surface area contributed by atoms with E-state index in [-0.39, 0.29) is 0 Å². The molecule has 0 spiro atoms. The lowest BCUT2D eigenvalue weighted by atomic mass is 10.0. The Morgan fingerprint density at radius 3 is 2.71 bits per heavy atom. The van der Waals surface area contributed by atoms with E-state index in [1.807, 2.05) is 25.5 Å². The molecule has 4 rings (SSSR count). The van der Waals surface area contributed by atoms with Crippen molar-refractivity contribution in [3.63, 3.8) is 0 Å². The average Bonchev–Trinajstić information content (AvgIpc) is 3.20. The molecule has 1 saturated heterocycles. The van der Waals surface area contributed by atoms with Gasteiger partial charge in [0.25, 0.3) is 0 Å². The number of aliphatic hydroxyl groups is 1. The Morgan fingerprint density at radius 2 is 2.04 bits per heavy atom. The fraction of sp³-hybridized carbons (Fsp3) is 0.389. The smallest absolute Gasteiger partial charge is 0.130 e. The molecule has 3 aromatic rings. The molecule has 1 fully saturated rings. The highest BCUT2D eigenvalue weighted by molar-refractivity contribution is 5.98. The summed E-state index contributed by atoms with van der Waals surface area (Å²) in [6.07, 6.45) is 6.56. The normalized spacial score (nSPS) is 16.7. The second kappa shape index (κ2) is 5.96. The summed E-state index contributed by atoms with van der Waals surface area (Å²) in [5, 5.41) is 15.3. The Kier molecular flexibility index (Phi) is 3.78.